The van der Waals surface area contributed by atoms with Gasteiger partial charge < -0.3 is 5.26 Å². The van der Waals surface area contributed by atoms with Gasteiger partial charge in [0.15, 0.2) is 33.1 Å². The number of hydrogen-bond donors (Lipinski definition) is 0. The highest BCUT2D eigenvalue weighted by atomic mass is 32.2. The van der Waals surface area contributed by atoms with Gasteiger partial charge in [-0.05, 0) is 18.8 Å². The van der Waals surface area contributed by atoms with Crippen LogP contribution in [-0.2, 0) is 19.2 Å². The van der Waals surface area contributed by atoms with Gasteiger partial charge in [-0.3, -0.25) is 5.04 Å². The standard InChI is InChI=1S/C13H14F4O5S2/c14-8-10(16)13(11(17)9(15)12(8)23-22-21-18)24(19,20)6-7-4-2-1-3-5-7/h7,18H,1-6H2/p-1. The van der Waals surface area contributed by atoms with Gasteiger partial charge in [-0.2, -0.15) is 4.33 Å². The molecule has 0 aromatic heterocycles. The SMILES string of the molecule is O=S(=O)(CC1CCCCC1)c1c(F)c(F)c(SOO[O-])c(F)c1F. The van der Waals surface area contributed by atoms with Crippen molar-refractivity contribution in [2.75, 3.05) is 5.75 Å². The fraction of sp³-hybridized carbons (Fsp3) is 0.538. The maximum atomic E-state index is 14.0. The molecule has 1 aromatic rings. The fourth-order valence-corrected chi connectivity index (χ4v) is 5.00. The monoisotopic (exact) mass is 389 g/mol. The van der Waals surface area contributed by atoms with Crippen molar-refractivity contribution in [2.24, 2.45) is 5.92 Å². The Balaban J connectivity index is 2.42. The molecule has 1 aliphatic rings. The summed E-state index contributed by atoms with van der Waals surface area (Å²) in [4.78, 5) is -2.99. The first-order valence-corrected chi connectivity index (χ1v) is 9.40. The van der Waals surface area contributed by atoms with Crippen LogP contribution in [0.5, 0.6) is 0 Å². The van der Waals surface area contributed by atoms with Gasteiger partial charge in [0.2, 0.25) is 0 Å². The lowest BCUT2D eigenvalue weighted by Crippen LogP contribution is -2.22. The molecule has 5 nitrogen and oxygen atoms in total. The Hall–Kier alpha value is -0.880. The highest BCUT2D eigenvalue weighted by molar-refractivity contribution is 7.94. The van der Waals surface area contributed by atoms with E-state index in [0.717, 1.165) is 19.3 Å². The third kappa shape index (κ3) is 4.02. The second-order valence-corrected chi connectivity index (χ2v) is 8.10. The molecule has 24 heavy (non-hydrogen) atoms. The third-order valence-electron chi connectivity index (χ3n) is 3.82. The molecule has 1 aromatic carbocycles. The van der Waals surface area contributed by atoms with Crippen molar-refractivity contribution in [3.8, 4) is 0 Å². The summed E-state index contributed by atoms with van der Waals surface area (Å²) in [6.07, 6.45) is 3.65. The lowest BCUT2D eigenvalue weighted by Gasteiger charge is -2.21. The number of halogens is 4. The minimum atomic E-state index is -4.58. The van der Waals surface area contributed by atoms with E-state index in [-0.39, 0.29) is 5.92 Å². The van der Waals surface area contributed by atoms with Crippen molar-refractivity contribution in [1.82, 2.24) is 0 Å². The molecule has 0 atom stereocenters. The molecule has 0 heterocycles. The van der Waals surface area contributed by atoms with Crippen molar-refractivity contribution < 1.29 is 40.6 Å². The maximum Gasteiger partial charge on any atom is 0.184 e. The number of sulfone groups is 1. The van der Waals surface area contributed by atoms with Gasteiger partial charge in [0.05, 0.1) is 17.8 Å². The van der Waals surface area contributed by atoms with Crippen LogP contribution in [0, 0.1) is 29.2 Å². The Kier molecular flexibility index (Phi) is 6.48. The van der Waals surface area contributed by atoms with Gasteiger partial charge >= 0.3 is 0 Å². The zero-order valence-corrected chi connectivity index (χ0v) is 13.8. The van der Waals surface area contributed by atoms with Gasteiger partial charge in [0, 0.05) is 0 Å². The molecule has 0 N–H and O–H groups in total. The summed E-state index contributed by atoms with van der Waals surface area (Å²) >= 11 is -0.403. The zero-order chi connectivity index (χ0) is 17.9. The fourth-order valence-electron chi connectivity index (χ4n) is 2.73. The number of hydrogen-bond acceptors (Lipinski definition) is 6. The Morgan fingerprint density at radius 3 is 2.04 bits per heavy atom. The predicted molar refractivity (Wildman–Crippen MR) is 72.9 cm³/mol. The zero-order valence-electron chi connectivity index (χ0n) is 12.2. The van der Waals surface area contributed by atoms with Crippen molar-refractivity contribution in [3.63, 3.8) is 0 Å². The van der Waals surface area contributed by atoms with Crippen molar-refractivity contribution >= 4 is 21.9 Å². The van der Waals surface area contributed by atoms with E-state index in [1.54, 1.807) is 0 Å². The van der Waals surface area contributed by atoms with Gasteiger partial charge in [-0.15, -0.1) is 0 Å². The molecule has 136 valence electrons. The molecule has 2 rings (SSSR count). The van der Waals surface area contributed by atoms with Crippen LogP contribution in [0.2, 0.25) is 0 Å². The van der Waals surface area contributed by atoms with E-state index >= 15 is 0 Å². The molecule has 0 bridgehead atoms. The summed E-state index contributed by atoms with van der Waals surface area (Å²) in [6.45, 7) is 0. The van der Waals surface area contributed by atoms with Crippen LogP contribution in [0.3, 0.4) is 0 Å². The van der Waals surface area contributed by atoms with Crippen LogP contribution in [0.1, 0.15) is 32.1 Å². The molecule has 0 amide bonds. The van der Waals surface area contributed by atoms with Crippen LogP contribution in [-0.4, -0.2) is 14.2 Å². The smallest absolute Gasteiger partial charge is 0.184 e. The van der Waals surface area contributed by atoms with E-state index < -0.39 is 60.7 Å². The molecule has 0 spiro atoms. The van der Waals surface area contributed by atoms with Crippen LogP contribution in [0.4, 0.5) is 17.6 Å². The molecule has 0 aliphatic heterocycles. The normalized spacial score (nSPS) is 16.5. The molecular formula is C13H13F4O5S2-. The summed E-state index contributed by atoms with van der Waals surface area (Å²) in [5, 5.41) is 12.5. The lowest BCUT2D eigenvalue weighted by molar-refractivity contribution is -0.777. The average molecular weight is 389 g/mol. The Bertz CT molecular complexity index is 676. The van der Waals surface area contributed by atoms with E-state index in [4.69, 9.17) is 0 Å². The van der Waals surface area contributed by atoms with Crippen molar-refractivity contribution in [1.29, 1.82) is 0 Å². The van der Waals surface area contributed by atoms with E-state index in [2.05, 4.69) is 9.37 Å². The van der Waals surface area contributed by atoms with Gasteiger partial charge in [-0.1, -0.05) is 19.3 Å². The van der Waals surface area contributed by atoms with Crippen LogP contribution >= 0.6 is 12.0 Å². The Morgan fingerprint density at radius 2 is 1.54 bits per heavy atom. The van der Waals surface area contributed by atoms with E-state index in [0.29, 0.717) is 12.8 Å². The number of rotatable bonds is 6. The van der Waals surface area contributed by atoms with Gasteiger partial charge in [-0.25, -0.2) is 26.0 Å². The molecule has 0 radical (unpaired) electrons. The molecule has 0 unspecified atom stereocenters. The Morgan fingerprint density at radius 1 is 1.00 bits per heavy atom. The third-order valence-corrected chi connectivity index (χ3v) is 6.36. The largest absolute Gasteiger partial charge is 0.691 e. The lowest BCUT2D eigenvalue weighted by atomic mass is 9.91. The Labute approximate surface area is 139 Å². The summed E-state index contributed by atoms with van der Waals surface area (Å²) in [7, 11) is -4.58. The van der Waals surface area contributed by atoms with Crippen molar-refractivity contribution in [3.05, 3.63) is 23.3 Å². The highest BCUT2D eigenvalue weighted by Crippen LogP contribution is 2.35. The van der Waals surface area contributed by atoms with Crippen LogP contribution in [0.25, 0.3) is 0 Å². The average Bonchev–Trinajstić information content (AvgIpc) is 2.53. The van der Waals surface area contributed by atoms with E-state index in [1.165, 1.54) is 0 Å². The molecule has 1 saturated carbocycles. The van der Waals surface area contributed by atoms with E-state index in [1.807, 2.05) is 0 Å². The topological polar surface area (TPSA) is 75.7 Å². The first-order valence-electron chi connectivity index (χ1n) is 7.01. The minimum absolute atomic E-state index is 0.320. The summed E-state index contributed by atoms with van der Waals surface area (Å²) in [6, 6.07) is 0. The molecular weight excluding hydrogens is 376 g/mol. The highest BCUT2D eigenvalue weighted by Gasteiger charge is 2.35. The molecule has 1 fully saturated rings. The summed E-state index contributed by atoms with van der Waals surface area (Å²) in [5.74, 6) is -8.97. The van der Waals surface area contributed by atoms with E-state index in [9.17, 15) is 31.2 Å². The summed E-state index contributed by atoms with van der Waals surface area (Å²) < 4.78 is 83.9. The van der Waals surface area contributed by atoms with Crippen LogP contribution < -0.4 is 5.26 Å². The minimum Gasteiger partial charge on any atom is -0.691 e. The first kappa shape index (κ1) is 19.4. The molecule has 11 heteroatoms. The second-order valence-electron chi connectivity index (χ2n) is 5.42. The van der Waals surface area contributed by atoms with Gasteiger partial charge in [0.1, 0.15) is 9.79 Å². The van der Waals surface area contributed by atoms with Crippen molar-refractivity contribution in [2.45, 2.75) is 41.9 Å². The maximum absolute atomic E-state index is 14.0. The predicted octanol–water partition coefficient (Wildman–Crippen LogP) is 2.83. The quantitative estimate of drug-likeness (QED) is 0.245. The number of benzene rings is 1. The summed E-state index contributed by atoms with van der Waals surface area (Å²) in [5.41, 5.74) is 0. The second kappa shape index (κ2) is 8.00. The molecule has 0 saturated heterocycles. The first-order chi connectivity index (χ1) is 11.3. The van der Waals surface area contributed by atoms with Gasteiger partial charge in [0.25, 0.3) is 0 Å². The molecule has 1 aliphatic carbocycles. The van der Waals surface area contributed by atoms with Crippen LogP contribution in [0.15, 0.2) is 9.79 Å².